The topological polar surface area (TPSA) is 66.8 Å². The van der Waals surface area contributed by atoms with Gasteiger partial charge in [-0.15, -0.1) is 0 Å². The first-order chi connectivity index (χ1) is 14.9. The first-order valence-corrected chi connectivity index (χ1v) is 11.2. The van der Waals surface area contributed by atoms with E-state index in [0.717, 1.165) is 44.5 Å². The molecule has 0 fully saturated rings. The van der Waals surface area contributed by atoms with Crippen LogP contribution in [0.1, 0.15) is 53.4 Å². The predicted octanol–water partition coefficient (Wildman–Crippen LogP) is 5.59. The minimum Gasteiger partial charge on any atom is -0.508 e. The minimum atomic E-state index is -0.713. The van der Waals surface area contributed by atoms with Crippen LogP contribution in [0.4, 0.5) is 0 Å². The zero-order valence-electron chi connectivity index (χ0n) is 19.4. The van der Waals surface area contributed by atoms with Gasteiger partial charge in [-0.25, -0.2) is 4.79 Å². The van der Waals surface area contributed by atoms with Gasteiger partial charge in [-0.05, 0) is 39.3 Å². The van der Waals surface area contributed by atoms with Crippen LogP contribution in [0.5, 0.6) is 0 Å². The lowest BCUT2D eigenvalue weighted by atomic mass is 9.92. The lowest BCUT2D eigenvalue weighted by Crippen LogP contribution is -2.21. The summed E-state index contributed by atoms with van der Waals surface area (Å²) >= 11 is 0. The fourth-order valence-electron chi connectivity index (χ4n) is 3.23. The SMILES string of the molecule is C=C(C(=O)OCCCCCC)/C(=C\C=C/C)C(=O)C1C=CC(N(CC)CC)=CC(O)=C1. The number of allylic oxidation sites excluding steroid dienone is 7. The average Bonchev–Trinajstić information content (AvgIpc) is 2.95. The van der Waals surface area contributed by atoms with E-state index in [-0.39, 0.29) is 22.7 Å². The fourth-order valence-corrected chi connectivity index (χ4v) is 3.23. The van der Waals surface area contributed by atoms with Gasteiger partial charge in [0, 0.05) is 30.4 Å². The van der Waals surface area contributed by atoms with Crippen molar-refractivity contribution in [2.75, 3.05) is 19.7 Å². The maximum absolute atomic E-state index is 13.3. The summed E-state index contributed by atoms with van der Waals surface area (Å²) in [4.78, 5) is 27.8. The van der Waals surface area contributed by atoms with E-state index < -0.39 is 11.9 Å². The van der Waals surface area contributed by atoms with E-state index in [4.69, 9.17) is 4.74 Å². The molecule has 0 saturated carbocycles. The maximum atomic E-state index is 13.3. The van der Waals surface area contributed by atoms with Gasteiger partial charge in [0.2, 0.25) is 0 Å². The van der Waals surface area contributed by atoms with Crippen LogP contribution in [-0.4, -0.2) is 41.5 Å². The van der Waals surface area contributed by atoms with Gasteiger partial charge in [-0.3, -0.25) is 4.79 Å². The van der Waals surface area contributed by atoms with E-state index in [1.807, 2.05) is 26.8 Å². The van der Waals surface area contributed by atoms with Gasteiger partial charge in [-0.1, -0.05) is 57.1 Å². The molecule has 0 spiro atoms. The number of aliphatic hydroxyl groups excluding tert-OH is 1. The number of nitrogens with zero attached hydrogens (tertiary/aromatic N) is 1. The standard InChI is InChI=1S/C26H37NO4/c1-6-10-12-13-17-31-26(30)20(5)24(14-11-7-2)25(29)21-15-16-22(19-23(28)18-21)27(8-3)9-4/h7,11,14-16,18-19,21,28H,5-6,8-10,12-13,17H2,1-4H3/b11-7-,24-14+. The lowest BCUT2D eigenvalue weighted by molar-refractivity contribution is -0.139. The molecule has 1 rings (SSSR count). The summed E-state index contributed by atoms with van der Waals surface area (Å²) in [6.07, 6.45) is 15.7. The molecule has 0 heterocycles. The molecular weight excluding hydrogens is 390 g/mol. The number of ether oxygens (including phenoxy) is 1. The summed E-state index contributed by atoms with van der Waals surface area (Å²) in [6, 6.07) is 0. The van der Waals surface area contributed by atoms with E-state index in [9.17, 15) is 14.7 Å². The first kappa shape index (κ1) is 26.2. The van der Waals surface area contributed by atoms with Gasteiger partial charge < -0.3 is 14.7 Å². The Balaban J connectivity index is 3.01. The molecular formula is C26H37NO4. The maximum Gasteiger partial charge on any atom is 0.338 e. The van der Waals surface area contributed by atoms with Gasteiger partial charge >= 0.3 is 5.97 Å². The molecule has 0 amide bonds. The highest BCUT2D eigenvalue weighted by atomic mass is 16.5. The molecule has 0 bridgehead atoms. The van der Waals surface area contributed by atoms with Gasteiger partial charge in [-0.2, -0.15) is 0 Å². The molecule has 0 aliphatic heterocycles. The number of hydrogen-bond acceptors (Lipinski definition) is 5. The van der Waals surface area contributed by atoms with Crippen LogP contribution in [0.3, 0.4) is 0 Å². The summed E-state index contributed by atoms with van der Waals surface area (Å²) < 4.78 is 5.32. The van der Waals surface area contributed by atoms with Crippen molar-refractivity contribution in [2.45, 2.75) is 53.4 Å². The van der Waals surface area contributed by atoms with Crippen LogP contribution >= 0.6 is 0 Å². The zero-order chi connectivity index (χ0) is 23.2. The second-order valence-corrected chi connectivity index (χ2v) is 7.36. The molecule has 1 unspecified atom stereocenters. The monoisotopic (exact) mass is 427 g/mol. The number of unbranched alkanes of at least 4 members (excludes halogenated alkanes) is 3. The van der Waals surface area contributed by atoms with Crippen molar-refractivity contribution in [1.29, 1.82) is 0 Å². The second-order valence-electron chi connectivity index (χ2n) is 7.36. The molecule has 0 radical (unpaired) electrons. The Labute approximate surface area is 187 Å². The molecule has 0 aromatic carbocycles. The number of rotatable bonds is 13. The van der Waals surface area contributed by atoms with Crippen molar-refractivity contribution in [3.8, 4) is 0 Å². The van der Waals surface area contributed by atoms with Crippen molar-refractivity contribution < 1.29 is 19.4 Å². The molecule has 1 aliphatic rings. The number of hydrogen-bond donors (Lipinski definition) is 1. The van der Waals surface area contributed by atoms with Gasteiger partial charge in [0.05, 0.1) is 18.1 Å². The molecule has 0 aromatic heterocycles. The fraction of sp³-hybridized carbons (Fsp3) is 0.462. The molecule has 5 heteroatoms. The van der Waals surface area contributed by atoms with E-state index >= 15 is 0 Å². The van der Waals surface area contributed by atoms with E-state index in [1.54, 1.807) is 30.4 Å². The Kier molecular flexibility index (Phi) is 12.0. The highest BCUT2D eigenvalue weighted by Crippen LogP contribution is 2.23. The van der Waals surface area contributed by atoms with Crippen LogP contribution in [0.2, 0.25) is 0 Å². The lowest BCUT2D eigenvalue weighted by Gasteiger charge is -2.21. The van der Waals surface area contributed by atoms with E-state index in [1.165, 1.54) is 6.08 Å². The Morgan fingerprint density at radius 2 is 1.90 bits per heavy atom. The Bertz CT molecular complexity index is 779. The van der Waals surface area contributed by atoms with Crippen molar-refractivity contribution in [1.82, 2.24) is 4.90 Å². The summed E-state index contributed by atoms with van der Waals surface area (Å²) in [5.74, 6) is -1.61. The molecule has 1 N–H and O–H groups in total. The molecule has 170 valence electrons. The summed E-state index contributed by atoms with van der Waals surface area (Å²) in [5, 5.41) is 10.3. The second kappa shape index (κ2) is 14.2. The first-order valence-electron chi connectivity index (χ1n) is 11.2. The normalized spacial score (nSPS) is 16.5. The third-order valence-corrected chi connectivity index (χ3v) is 5.08. The number of likely N-dealkylation sites (N-methyl/N-ethyl adjacent to an activating group) is 1. The largest absolute Gasteiger partial charge is 0.508 e. The smallest absolute Gasteiger partial charge is 0.338 e. The number of carbonyl (C=O) groups excluding carboxylic acids is 2. The summed E-state index contributed by atoms with van der Waals surface area (Å²) in [6.45, 7) is 13.7. The van der Waals surface area contributed by atoms with Crippen molar-refractivity contribution in [2.24, 2.45) is 5.92 Å². The highest BCUT2D eigenvalue weighted by Gasteiger charge is 2.25. The van der Waals surface area contributed by atoms with Crippen LogP contribution in [-0.2, 0) is 14.3 Å². The molecule has 1 atom stereocenters. The third-order valence-electron chi connectivity index (χ3n) is 5.08. The van der Waals surface area contributed by atoms with Gasteiger partial charge in [0.15, 0.2) is 5.78 Å². The van der Waals surface area contributed by atoms with Crippen molar-refractivity contribution in [3.05, 3.63) is 71.7 Å². The molecule has 31 heavy (non-hydrogen) atoms. The molecule has 5 nitrogen and oxygen atoms in total. The van der Waals surface area contributed by atoms with Crippen molar-refractivity contribution in [3.63, 3.8) is 0 Å². The van der Waals surface area contributed by atoms with Gasteiger partial charge in [0.25, 0.3) is 0 Å². The predicted molar refractivity (Wildman–Crippen MR) is 126 cm³/mol. The van der Waals surface area contributed by atoms with Crippen LogP contribution < -0.4 is 0 Å². The number of esters is 1. The minimum absolute atomic E-state index is 0.0137. The van der Waals surface area contributed by atoms with Crippen LogP contribution in [0.25, 0.3) is 0 Å². The Morgan fingerprint density at radius 3 is 2.52 bits per heavy atom. The highest BCUT2D eigenvalue weighted by molar-refractivity contribution is 6.11. The molecule has 1 aliphatic carbocycles. The number of aliphatic hydroxyl groups is 1. The van der Waals surface area contributed by atoms with Gasteiger partial charge in [0.1, 0.15) is 5.76 Å². The number of carbonyl (C=O) groups is 2. The van der Waals surface area contributed by atoms with E-state index in [2.05, 4.69) is 18.4 Å². The number of Topliss-reactive ketones (excluding diaryl/α,β-unsaturated/α-hetero) is 1. The van der Waals surface area contributed by atoms with Crippen LogP contribution in [0.15, 0.2) is 71.7 Å². The zero-order valence-corrected chi connectivity index (χ0v) is 19.4. The Hall–Kier alpha value is -2.82. The molecule has 0 aromatic rings. The number of ketones is 1. The molecule has 0 saturated heterocycles. The third kappa shape index (κ3) is 8.44. The van der Waals surface area contributed by atoms with Crippen molar-refractivity contribution >= 4 is 11.8 Å². The quantitative estimate of drug-likeness (QED) is 0.180. The Morgan fingerprint density at radius 1 is 1.19 bits per heavy atom. The average molecular weight is 428 g/mol. The summed E-state index contributed by atoms with van der Waals surface area (Å²) in [5.41, 5.74) is 1.04. The summed E-state index contributed by atoms with van der Waals surface area (Å²) in [7, 11) is 0. The van der Waals surface area contributed by atoms with Crippen LogP contribution in [0, 0.1) is 5.92 Å². The van der Waals surface area contributed by atoms with E-state index in [0.29, 0.717) is 6.61 Å².